The Hall–Kier alpha value is -1.70. The third-order valence-corrected chi connectivity index (χ3v) is 4.57. The fourth-order valence-electron chi connectivity index (χ4n) is 2.73. The second-order valence-electron chi connectivity index (χ2n) is 6.95. The monoisotopic (exact) mass is 395 g/mol. The van der Waals surface area contributed by atoms with Crippen molar-refractivity contribution in [1.82, 2.24) is 19.2 Å². The molecular weight excluding hydrogens is 370 g/mol. The van der Waals surface area contributed by atoms with Crippen LogP contribution in [0.25, 0.3) is 0 Å². The number of rotatable bonds is 9. The molecular formula is C18H26ClN5OS. The average Bonchev–Trinajstić information content (AvgIpc) is 2.83. The molecule has 1 amide bonds. The van der Waals surface area contributed by atoms with Gasteiger partial charge in [-0.15, -0.1) is 0 Å². The first-order chi connectivity index (χ1) is 12.3. The molecule has 0 aliphatic carbocycles. The number of amides is 1. The van der Waals surface area contributed by atoms with E-state index in [9.17, 15) is 4.79 Å². The molecule has 2 N–H and O–H groups in total. The first kappa shape index (κ1) is 20.6. The summed E-state index contributed by atoms with van der Waals surface area (Å²) in [5, 5.41) is 5.36. The molecule has 142 valence electrons. The van der Waals surface area contributed by atoms with Gasteiger partial charge in [0.15, 0.2) is 4.77 Å². The zero-order valence-electron chi connectivity index (χ0n) is 15.5. The second kappa shape index (κ2) is 9.30. The molecule has 0 spiro atoms. The minimum Gasteiger partial charge on any atom is -0.370 e. The number of carbonyl (C=O) groups is 1. The van der Waals surface area contributed by atoms with Gasteiger partial charge in [0.25, 0.3) is 0 Å². The van der Waals surface area contributed by atoms with Crippen LogP contribution in [0.5, 0.6) is 0 Å². The highest BCUT2D eigenvalue weighted by molar-refractivity contribution is 7.71. The summed E-state index contributed by atoms with van der Waals surface area (Å²) in [4.78, 5) is 13.3. The van der Waals surface area contributed by atoms with E-state index in [-0.39, 0.29) is 12.3 Å². The van der Waals surface area contributed by atoms with Gasteiger partial charge in [-0.2, -0.15) is 5.10 Å². The van der Waals surface area contributed by atoms with Gasteiger partial charge in [0.2, 0.25) is 5.91 Å². The zero-order valence-corrected chi connectivity index (χ0v) is 17.1. The first-order valence-electron chi connectivity index (χ1n) is 8.64. The lowest BCUT2D eigenvalue weighted by Crippen LogP contribution is -2.22. The van der Waals surface area contributed by atoms with Crippen LogP contribution in [0.15, 0.2) is 24.3 Å². The molecule has 1 aromatic carbocycles. The Morgan fingerprint density at radius 2 is 2.00 bits per heavy atom. The predicted molar refractivity (Wildman–Crippen MR) is 106 cm³/mol. The van der Waals surface area contributed by atoms with Gasteiger partial charge >= 0.3 is 0 Å². The maximum Gasteiger partial charge on any atom is 0.217 e. The quantitative estimate of drug-likeness (QED) is 0.662. The van der Waals surface area contributed by atoms with Crippen LogP contribution < -0.4 is 5.73 Å². The molecule has 0 radical (unpaired) electrons. The normalized spacial score (nSPS) is 11.5. The van der Waals surface area contributed by atoms with Gasteiger partial charge in [0.1, 0.15) is 5.82 Å². The Kier molecular flexibility index (Phi) is 7.37. The fourth-order valence-corrected chi connectivity index (χ4v) is 3.13. The van der Waals surface area contributed by atoms with E-state index >= 15 is 0 Å². The highest BCUT2D eigenvalue weighted by Crippen LogP contribution is 2.13. The zero-order chi connectivity index (χ0) is 19.3. The van der Waals surface area contributed by atoms with E-state index in [1.807, 2.05) is 40.6 Å². The van der Waals surface area contributed by atoms with E-state index in [2.05, 4.69) is 23.8 Å². The summed E-state index contributed by atoms with van der Waals surface area (Å²) >= 11 is 11.5. The molecule has 0 atom stereocenters. The predicted octanol–water partition coefficient (Wildman–Crippen LogP) is 3.23. The lowest BCUT2D eigenvalue weighted by molar-refractivity contribution is -0.118. The Bertz CT molecular complexity index is 797. The smallest absolute Gasteiger partial charge is 0.217 e. The summed E-state index contributed by atoms with van der Waals surface area (Å²) in [6, 6.07) is 7.78. The number of nitrogens with zero attached hydrogens (tertiary/aromatic N) is 4. The SMILES string of the molecule is CC(C)Cn1c(CCC(N)=O)nn(CN(C)Cc2ccc(Cl)cc2)c1=S. The minimum atomic E-state index is -0.332. The van der Waals surface area contributed by atoms with Crippen LogP contribution in [-0.4, -0.2) is 32.2 Å². The lowest BCUT2D eigenvalue weighted by atomic mass is 10.2. The molecule has 2 rings (SSSR count). The van der Waals surface area contributed by atoms with Gasteiger partial charge in [0, 0.05) is 31.0 Å². The molecule has 0 unspecified atom stereocenters. The van der Waals surface area contributed by atoms with Crippen molar-refractivity contribution in [2.45, 2.75) is 46.4 Å². The number of carbonyl (C=O) groups excluding carboxylic acids is 1. The van der Waals surface area contributed by atoms with Crippen molar-refractivity contribution >= 4 is 29.7 Å². The standard InChI is InChI=1S/C18H26ClN5OS/c1-13(2)10-23-17(9-8-16(20)25)21-24(18(23)26)12-22(3)11-14-4-6-15(19)7-5-14/h4-7,13H,8-12H2,1-3H3,(H2,20,25). The summed E-state index contributed by atoms with van der Waals surface area (Å²) in [6.07, 6.45) is 0.768. The average molecular weight is 396 g/mol. The van der Waals surface area contributed by atoms with Crippen molar-refractivity contribution < 1.29 is 4.79 Å². The molecule has 2 aromatic rings. The van der Waals surface area contributed by atoms with Crippen molar-refractivity contribution in [3.05, 3.63) is 45.4 Å². The second-order valence-corrected chi connectivity index (χ2v) is 7.75. The van der Waals surface area contributed by atoms with Crippen molar-refractivity contribution in [1.29, 1.82) is 0 Å². The van der Waals surface area contributed by atoms with Crippen LogP contribution in [0.2, 0.25) is 5.02 Å². The van der Waals surface area contributed by atoms with Gasteiger partial charge in [-0.05, 0) is 42.9 Å². The fraction of sp³-hybridized carbons (Fsp3) is 0.500. The first-order valence-corrected chi connectivity index (χ1v) is 9.42. The molecule has 26 heavy (non-hydrogen) atoms. The van der Waals surface area contributed by atoms with E-state index in [1.165, 1.54) is 5.56 Å². The van der Waals surface area contributed by atoms with Gasteiger partial charge in [0.05, 0.1) is 6.67 Å². The maximum atomic E-state index is 11.1. The molecule has 0 saturated heterocycles. The van der Waals surface area contributed by atoms with Crippen LogP contribution in [0.4, 0.5) is 0 Å². The van der Waals surface area contributed by atoms with Crippen LogP contribution in [0.3, 0.4) is 0 Å². The summed E-state index contributed by atoms with van der Waals surface area (Å²) in [5.74, 6) is 0.905. The number of hydrogen-bond acceptors (Lipinski definition) is 4. The van der Waals surface area contributed by atoms with Crippen molar-refractivity contribution in [2.24, 2.45) is 11.7 Å². The van der Waals surface area contributed by atoms with Gasteiger partial charge in [-0.3, -0.25) is 9.69 Å². The number of aromatic nitrogens is 3. The van der Waals surface area contributed by atoms with Crippen molar-refractivity contribution in [3.8, 4) is 0 Å². The van der Waals surface area contributed by atoms with E-state index in [0.29, 0.717) is 23.8 Å². The molecule has 1 heterocycles. The number of primary amides is 1. The van der Waals surface area contributed by atoms with Crippen LogP contribution in [0, 0.1) is 10.7 Å². The summed E-state index contributed by atoms with van der Waals surface area (Å²) in [6.45, 7) is 6.35. The molecule has 0 aliphatic rings. The Morgan fingerprint density at radius 1 is 1.35 bits per heavy atom. The Labute approximate surface area is 164 Å². The van der Waals surface area contributed by atoms with E-state index < -0.39 is 0 Å². The molecule has 0 fully saturated rings. The summed E-state index contributed by atoms with van der Waals surface area (Å²) in [7, 11) is 2.01. The summed E-state index contributed by atoms with van der Waals surface area (Å²) in [5.41, 5.74) is 6.45. The molecule has 0 bridgehead atoms. The topological polar surface area (TPSA) is 69.1 Å². The van der Waals surface area contributed by atoms with Gasteiger partial charge in [-0.1, -0.05) is 37.6 Å². The number of halogens is 1. The molecule has 8 heteroatoms. The van der Waals surface area contributed by atoms with E-state index in [1.54, 1.807) is 0 Å². The third kappa shape index (κ3) is 5.93. The van der Waals surface area contributed by atoms with Gasteiger partial charge in [-0.25, -0.2) is 4.68 Å². The number of aryl methyl sites for hydroxylation is 1. The van der Waals surface area contributed by atoms with Crippen LogP contribution in [-0.2, 0) is 31.0 Å². The number of hydrogen-bond donors (Lipinski definition) is 1. The summed E-state index contributed by atoms with van der Waals surface area (Å²) < 4.78 is 4.49. The molecule has 0 aliphatic heterocycles. The Balaban J connectivity index is 2.15. The third-order valence-electron chi connectivity index (χ3n) is 3.88. The Morgan fingerprint density at radius 3 is 2.58 bits per heavy atom. The molecule has 6 nitrogen and oxygen atoms in total. The van der Waals surface area contributed by atoms with Crippen LogP contribution in [0.1, 0.15) is 31.7 Å². The minimum absolute atomic E-state index is 0.268. The molecule has 1 aromatic heterocycles. The maximum absolute atomic E-state index is 11.1. The largest absolute Gasteiger partial charge is 0.370 e. The van der Waals surface area contributed by atoms with Crippen LogP contribution >= 0.6 is 23.8 Å². The van der Waals surface area contributed by atoms with Crippen molar-refractivity contribution in [2.75, 3.05) is 7.05 Å². The lowest BCUT2D eigenvalue weighted by Gasteiger charge is -2.16. The van der Waals surface area contributed by atoms with Crippen molar-refractivity contribution in [3.63, 3.8) is 0 Å². The van der Waals surface area contributed by atoms with Gasteiger partial charge < -0.3 is 10.3 Å². The highest BCUT2D eigenvalue weighted by atomic mass is 35.5. The highest BCUT2D eigenvalue weighted by Gasteiger charge is 2.14. The van der Waals surface area contributed by atoms with E-state index in [0.717, 1.165) is 23.9 Å². The number of benzene rings is 1. The molecule has 0 saturated carbocycles. The number of nitrogens with two attached hydrogens (primary N) is 1. The van der Waals surface area contributed by atoms with E-state index in [4.69, 9.17) is 29.6 Å².